The highest BCUT2D eigenvalue weighted by Crippen LogP contribution is 2.22. The first-order chi connectivity index (χ1) is 10.3. The number of hydrogen-bond acceptors (Lipinski definition) is 5. The highest BCUT2D eigenvalue weighted by Gasteiger charge is 2.30. The molecule has 0 bridgehead atoms. The summed E-state index contributed by atoms with van der Waals surface area (Å²) in [6.07, 6.45) is 4.65. The molecule has 2 N–H and O–H groups in total. The Kier molecular flexibility index (Phi) is 7.24. The number of carboxylic acid groups (broad SMARTS) is 2. The zero-order chi connectivity index (χ0) is 16.8. The van der Waals surface area contributed by atoms with Crippen LogP contribution in [0.2, 0.25) is 0 Å². The van der Waals surface area contributed by atoms with Gasteiger partial charge in [0.2, 0.25) is 10.0 Å². The second-order valence-electron chi connectivity index (χ2n) is 5.38. The first-order valence-corrected chi connectivity index (χ1v) is 9.07. The van der Waals surface area contributed by atoms with Crippen molar-refractivity contribution in [2.45, 2.75) is 38.6 Å². The number of sulfonamides is 1. The molecule has 2 rings (SSSR count). The average Bonchev–Trinajstić information content (AvgIpc) is 3.02. The molecule has 0 aromatic rings. The molecular weight excluding hydrogens is 312 g/mol. The molecule has 0 aromatic carbocycles. The van der Waals surface area contributed by atoms with E-state index in [0.717, 1.165) is 25.9 Å². The van der Waals surface area contributed by atoms with Gasteiger partial charge in [-0.15, -0.1) is 0 Å². The molecule has 8 nitrogen and oxygen atoms in total. The van der Waals surface area contributed by atoms with Gasteiger partial charge in [0.15, 0.2) is 0 Å². The second kappa shape index (κ2) is 8.44. The highest BCUT2D eigenvalue weighted by atomic mass is 32.2. The summed E-state index contributed by atoms with van der Waals surface area (Å²) in [4.78, 5) is 20.7. The van der Waals surface area contributed by atoms with Gasteiger partial charge in [-0.2, -0.15) is 0 Å². The summed E-state index contributed by atoms with van der Waals surface area (Å²) in [5.41, 5.74) is 0. The van der Waals surface area contributed by atoms with Crippen LogP contribution in [0.15, 0.2) is 0 Å². The van der Waals surface area contributed by atoms with Crippen molar-refractivity contribution >= 4 is 22.0 Å². The number of hydrogen-bond donors (Lipinski definition) is 2. The van der Waals surface area contributed by atoms with Crippen LogP contribution in [0.25, 0.3) is 0 Å². The Morgan fingerprint density at radius 2 is 1.45 bits per heavy atom. The second-order valence-corrected chi connectivity index (χ2v) is 7.64. The van der Waals surface area contributed by atoms with Crippen molar-refractivity contribution in [2.24, 2.45) is 0 Å². The minimum atomic E-state index is -2.95. The van der Waals surface area contributed by atoms with Crippen LogP contribution in [0.1, 0.15) is 32.6 Å². The van der Waals surface area contributed by atoms with Gasteiger partial charge in [-0.05, 0) is 45.7 Å². The van der Waals surface area contributed by atoms with Crippen molar-refractivity contribution in [3.63, 3.8) is 0 Å². The SMILES string of the molecule is CCS(=O)(=O)N1CCC(N2CCCC2)CC1.O=C(O)C(=O)O. The van der Waals surface area contributed by atoms with E-state index in [0.29, 0.717) is 6.04 Å². The summed E-state index contributed by atoms with van der Waals surface area (Å²) in [5.74, 6) is -3.41. The predicted octanol–water partition coefficient (Wildman–Crippen LogP) is 0.0519. The van der Waals surface area contributed by atoms with Crippen LogP contribution in [-0.2, 0) is 19.6 Å². The van der Waals surface area contributed by atoms with Crippen molar-refractivity contribution in [1.29, 1.82) is 0 Å². The molecule has 2 saturated heterocycles. The van der Waals surface area contributed by atoms with Crippen molar-refractivity contribution in [2.75, 3.05) is 31.9 Å². The lowest BCUT2D eigenvalue weighted by Crippen LogP contribution is -2.46. The fourth-order valence-corrected chi connectivity index (χ4v) is 3.91. The smallest absolute Gasteiger partial charge is 0.414 e. The Bertz CT molecular complexity index is 467. The van der Waals surface area contributed by atoms with Gasteiger partial charge < -0.3 is 15.1 Å². The monoisotopic (exact) mass is 336 g/mol. The van der Waals surface area contributed by atoms with Gasteiger partial charge in [-0.1, -0.05) is 0 Å². The van der Waals surface area contributed by atoms with Crippen LogP contribution < -0.4 is 0 Å². The van der Waals surface area contributed by atoms with Crippen LogP contribution in [0.4, 0.5) is 0 Å². The summed E-state index contributed by atoms with van der Waals surface area (Å²) in [7, 11) is -2.95. The summed E-state index contributed by atoms with van der Waals surface area (Å²) in [6, 6.07) is 0.630. The lowest BCUT2D eigenvalue weighted by Gasteiger charge is -2.35. The van der Waals surface area contributed by atoms with Gasteiger partial charge in [0.05, 0.1) is 5.75 Å². The molecule has 128 valence electrons. The standard InChI is InChI=1S/C11H22N2O2S.C2H2O4/c1-2-16(14,15)13-9-5-11(6-10-13)12-7-3-4-8-12;3-1(4)2(5)6/h11H,2-10H2,1H3;(H,3,4)(H,5,6). The Balaban J connectivity index is 0.000000346. The number of aliphatic carboxylic acids is 2. The number of rotatable bonds is 3. The summed E-state index contributed by atoms with van der Waals surface area (Å²) in [6.45, 7) is 5.59. The molecule has 22 heavy (non-hydrogen) atoms. The van der Waals surface area contributed by atoms with E-state index in [2.05, 4.69) is 4.90 Å². The van der Waals surface area contributed by atoms with Crippen molar-refractivity contribution in [1.82, 2.24) is 9.21 Å². The van der Waals surface area contributed by atoms with Crippen LogP contribution in [0.5, 0.6) is 0 Å². The number of carbonyl (C=O) groups is 2. The first kappa shape index (κ1) is 18.9. The highest BCUT2D eigenvalue weighted by molar-refractivity contribution is 7.89. The molecule has 0 radical (unpaired) electrons. The molecule has 2 heterocycles. The van der Waals surface area contributed by atoms with E-state index >= 15 is 0 Å². The van der Waals surface area contributed by atoms with E-state index in [4.69, 9.17) is 19.8 Å². The van der Waals surface area contributed by atoms with Gasteiger partial charge in [0.1, 0.15) is 0 Å². The number of carboxylic acids is 2. The Morgan fingerprint density at radius 1 is 1.00 bits per heavy atom. The summed E-state index contributed by atoms with van der Waals surface area (Å²) < 4.78 is 25.1. The Morgan fingerprint density at radius 3 is 1.82 bits per heavy atom. The Labute approximate surface area is 130 Å². The van der Waals surface area contributed by atoms with E-state index in [9.17, 15) is 8.42 Å². The van der Waals surface area contributed by atoms with Crippen molar-refractivity contribution < 1.29 is 28.2 Å². The van der Waals surface area contributed by atoms with Gasteiger partial charge in [-0.3, -0.25) is 0 Å². The van der Waals surface area contributed by atoms with E-state index in [1.807, 2.05) is 0 Å². The van der Waals surface area contributed by atoms with E-state index in [1.165, 1.54) is 25.9 Å². The lowest BCUT2D eigenvalue weighted by molar-refractivity contribution is -0.159. The maximum Gasteiger partial charge on any atom is 0.414 e. The normalized spacial score (nSPS) is 21.1. The van der Waals surface area contributed by atoms with Gasteiger partial charge in [-0.25, -0.2) is 22.3 Å². The number of piperidine rings is 1. The third kappa shape index (κ3) is 5.54. The third-order valence-electron chi connectivity index (χ3n) is 4.02. The third-order valence-corrected chi connectivity index (χ3v) is 5.90. The molecule has 9 heteroatoms. The molecular formula is C13H24N2O6S. The molecule has 2 aliphatic heterocycles. The molecule has 0 amide bonds. The fraction of sp³-hybridized carbons (Fsp3) is 0.846. The van der Waals surface area contributed by atoms with Crippen molar-refractivity contribution in [3.8, 4) is 0 Å². The largest absolute Gasteiger partial charge is 0.473 e. The zero-order valence-corrected chi connectivity index (χ0v) is 13.6. The molecule has 0 atom stereocenters. The maximum absolute atomic E-state index is 11.7. The van der Waals surface area contributed by atoms with Gasteiger partial charge in [0, 0.05) is 19.1 Å². The maximum atomic E-state index is 11.7. The molecule has 2 fully saturated rings. The Hall–Kier alpha value is -1.19. The minimum Gasteiger partial charge on any atom is -0.473 e. The van der Waals surface area contributed by atoms with Gasteiger partial charge >= 0.3 is 11.9 Å². The molecule has 0 spiro atoms. The number of likely N-dealkylation sites (tertiary alicyclic amines) is 1. The van der Waals surface area contributed by atoms with E-state index in [-0.39, 0.29) is 5.75 Å². The predicted molar refractivity (Wildman–Crippen MR) is 80.1 cm³/mol. The van der Waals surface area contributed by atoms with E-state index < -0.39 is 22.0 Å². The van der Waals surface area contributed by atoms with Crippen LogP contribution in [0.3, 0.4) is 0 Å². The molecule has 2 aliphatic rings. The summed E-state index contributed by atoms with van der Waals surface area (Å²) >= 11 is 0. The average molecular weight is 336 g/mol. The lowest BCUT2D eigenvalue weighted by atomic mass is 10.1. The van der Waals surface area contributed by atoms with Crippen molar-refractivity contribution in [3.05, 3.63) is 0 Å². The number of nitrogens with zero attached hydrogens (tertiary/aromatic N) is 2. The topological polar surface area (TPSA) is 115 Å². The van der Waals surface area contributed by atoms with Crippen LogP contribution in [-0.4, -0.2) is 77.7 Å². The quantitative estimate of drug-likeness (QED) is 0.700. The molecule has 0 aliphatic carbocycles. The van der Waals surface area contributed by atoms with E-state index in [1.54, 1.807) is 11.2 Å². The summed E-state index contributed by atoms with van der Waals surface area (Å²) in [5, 5.41) is 14.8. The minimum absolute atomic E-state index is 0.237. The van der Waals surface area contributed by atoms with Gasteiger partial charge in [0.25, 0.3) is 0 Å². The van der Waals surface area contributed by atoms with Crippen LogP contribution in [0, 0.1) is 0 Å². The zero-order valence-electron chi connectivity index (χ0n) is 12.8. The fourth-order valence-electron chi connectivity index (χ4n) is 2.77. The molecule has 0 aromatic heterocycles. The van der Waals surface area contributed by atoms with Crippen LogP contribution >= 0.6 is 0 Å². The molecule has 0 unspecified atom stereocenters. The molecule has 0 saturated carbocycles. The first-order valence-electron chi connectivity index (χ1n) is 7.46.